The van der Waals surface area contributed by atoms with Crippen LogP contribution in [0.4, 0.5) is 0 Å². The molecule has 0 spiro atoms. The summed E-state index contributed by atoms with van der Waals surface area (Å²) in [5.74, 6) is 0. The third-order valence-electron chi connectivity index (χ3n) is 6.04. The van der Waals surface area contributed by atoms with Crippen LogP contribution in [0.5, 0.6) is 0 Å². The fraction of sp³-hybridized carbons (Fsp3) is 1.00. The Morgan fingerprint density at radius 3 is 1.12 bits per heavy atom. The van der Waals surface area contributed by atoms with Crippen LogP contribution in [0, 0.1) is 0 Å². The molecule has 2 heteroatoms. The summed E-state index contributed by atoms with van der Waals surface area (Å²) < 4.78 is 11.7. The SMILES string of the molecule is CCCCCCCCC1OC1CCCC1OC1CCCCCCCC. The highest BCUT2D eigenvalue weighted by Crippen LogP contribution is 2.35. The Bertz CT molecular complexity index is 287. The van der Waals surface area contributed by atoms with E-state index in [1.54, 1.807) is 0 Å². The smallest absolute Gasteiger partial charge is 0.0841 e. The molecular formula is C23H44O2. The normalized spacial score (nSPS) is 27.6. The highest BCUT2D eigenvalue weighted by Gasteiger charge is 2.40. The summed E-state index contributed by atoms with van der Waals surface area (Å²) in [5, 5.41) is 0. The van der Waals surface area contributed by atoms with Crippen LogP contribution in [-0.2, 0) is 9.47 Å². The van der Waals surface area contributed by atoms with E-state index in [2.05, 4.69) is 13.8 Å². The second-order valence-electron chi connectivity index (χ2n) is 8.47. The van der Waals surface area contributed by atoms with Gasteiger partial charge in [0.15, 0.2) is 0 Å². The average Bonchev–Trinajstić information content (AvgIpc) is 3.52. The van der Waals surface area contributed by atoms with Crippen molar-refractivity contribution in [3.8, 4) is 0 Å². The summed E-state index contributed by atoms with van der Waals surface area (Å²) in [6.45, 7) is 4.57. The summed E-state index contributed by atoms with van der Waals surface area (Å²) in [7, 11) is 0. The first kappa shape index (κ1) is 21.2. The lowest BCUT2D eigenvalue weighted by atomic mass is 10.0. The quantitative estimate of drug-likeness (QED) is 0.192. The van der Waals surface area contributed by atoms with Gasteiger partial charge in [-0.05, 0) is 32.1 Å². The van der Waals surface area contributed by atoms with E-state index >= 15 is 0 Å². The van der Waals surface area contributed by atoms with E-state index in [1.807, 2.05) is 0 Å². The van der Waals surface area contributed by atoms with Gasteiger partial charge < -0.3 is 9.47 Å². The Labute approximate surface area is 157 Å². The van der Waals surface area contributed by atoms with Gasteiger partial charge in [-0.25, -0.2) is 0 Å². The van der Waals surface area contributed by atoms with Crippen molar-refractivity contribution in [1.29, 1.82) is 0 Å². The number of ether oxygens (including phenoxy) is 2. The van der Waals surface area contributed by atoms with Crippen molar-refractivity contribution in [2.24, 2.45) is 0 Å². The molecule has 0 aromatic carbocycles. The van der Waals surface area contributed by atoms with E-state index in [9.17, 15) is 0 Å². The maximum Gasteiger partial charge on any atom is 0.0841 e. The van der Waals surface area contributed by atoms with Crippen molar-refractivity contribution in [3.63, 3.8) is 0 Å². The predicted molar refractivity (Wildman–Crippen MR) is 107 cm³/mol. The molecule has 0 N–H and O–H groups in total. The van der Waals surface area contributed by atoms with Crippen molar-refractivity contribution in [3.05, 3.63) is 0 Å². The lowest BCUT2D eigenvalue weighted by molar-refractivity contribution is 0.334. The molecule has 2 nitrogen and oxygen atoms in total. The lowest BCUT2D eigenvalue weighted by Gasteiger charge is -1.99. The third-order valence-corrected chi connectivity index (χ3v) is 6.04. The predicted octanol–water partition coefficient (Wildman–Crippen LogP) is 7.19. The molecule has 0 saturated carbocycles. The van der Waals surface area contributed by atoms with Crippen LogP contribution in [-0.4, -0.2) is 24.4 Å². The summed E-state index contributed by atoms with van der Waals surface area (Å²) in [4.78, 5) is 0. The number of rotatable bonds is 18. The zero-order valence-electron chi connectivity index (χ0n) is 17.1. The summed E-state index contributed by atoms with van der Waals surface area (Å²) in [6.07, 6.45) is 25.6. The molecule has 0 amide bonds. The lowest BCUT2D eigenvalue weighted by Crippen LogP contribution is -1.98. The molecule has 0 aromatic rings. The Morgan fingerprint density at radius 2 is 0.720 bits per heavy atom. The second-order valence-corrected chi connectivity index (χ2v) is 8.47. The molecule has 2 saturated heterocycles. The van der Waals surface area contributed by atoms with Crippen LogP contribution in [0.3, 0.4) is 0 Å². The summed E-state index contributed by atoms with van der Waals surface area (Å²) in [6, 6.07) is 0. The fourth-order valence-corrected chi connectivity index (χ4v) is 4.15. The van der Waals surface area contributed by atoms with Gasteiger partial charge in [0.2, 0.25) is 0 Å². The Morgan fingerprint density at radius 1 is 0.400 bits per heavy atom. The summed E-state index contributed by atoms with van der Waals surface area (Å²) >= 11 is 0. The second kappa shape index (κ2) is 13.1. The minimum absolute atomic E-state index is 0.589. The number of hydrogen-bond acceptors (Lipinski definition) is 2. The zero-order chi connectivity index (χ0) is 17.7. The molecule has 4 unspecified atom stereocenters. The van der Waals surface area contributed by atoms with Gasteiger partial charge in [-0.1, -0.05) is 90.9 Å². The number of unbranched alkanes of at least 4 members (excludes halogenated alkanes) is 10. The monoisotopic (exact) mass is 352 g/mol. The van der Waals surface area contributed by atoms with E-state index in [4.69, 9.17) is 9.47 Å². The van der Waals surface area contributed by atoms with Crippen LogP contribution in [0.15, 0.2) is 0 Å². The van der Waals surface area contributed by atoms with Crippen LogP contribution in [0.1, 0.15) is 123 Å². The number of epoxide rings is 2. The van der Waals surface area contributed by atoms with Gasteiger partial charge in [0.25, 0.3) is 0 Å². The van der Waals surface area contributed by atoms with Gasteiger partial charge in [0.1, 0.15) is 0 Å². The molecule has 2 heterocycles. The molecule has 0 aliphatic carbocycles. The van der Waals surface area contributed by atoms with Crippen molar-refractivity contribution >= 4 is 0 Å². The molecule has 0 radical (unpaired) electrons. The van der Waals surface area contributed by atoms with E-state index in [-0.39, 0.29) is 0 Å². The number of hydrogen-bond donors (Lipinski definition) is 0. The van der Waals surface area contributed by atoms with Gasteiger partial charge in [0.05, 0.1) is 24.4 Å². The van der Waals surface area contributed by atoms with Crippen molar-refractivity contribution in [1.82, 2.24) is 0 Å². The van der Waals surface area contributed by atoms with Crippen LogP contribution in [0.2, 0.25) is 0 Å². The average molecular weight is 353 g/mol. The molecular weight excluding hydrogens is 308 g/mol. The molecule has 148 valence electrons. The molecule has 2 aliphatic heterocycles. The van der Waals surface area contributed by atoms with Gasteiger partial charge in [-0.2, -0.15) is 0 Å². The van der Waals surface area contributed by atoms with Crippen molar-refractivity contribution in [2.45, 2.75) is 147 Å². The first-order valence-electron chi connectivity index (χ1n) is 11.7. The van der Waals surface area contributed by atoms with Crippen LogP contribution < -0.4 is 0 Å². The van der Waals surface area contributed by atoms with Crippen molar-refractivity contribution < 1.29 is 9.47 Å². The van der Waals surface area contributed by atoms with E-state index < -0.39 is 0 Å². The minimum Gasteiger partial charge on any atom is -0.370 e. The van der Waals surface area contributed by atoms with Crippen molar-refractivity contribution in [2.75, 3.05) is 0 Å². The molecule has 2 aliphatic rings. The topological polar surface area (TPSA) is 25.1 Å². The van der Waals surface area contributed by atoms with Crippen LogP contribution in [0.25, 0.3) is 0 Å². The largest absolute Gasteiger partial charge is 0.370 e. The van der Waals surface area contributed by atoms with E-state index in [0.29, 0.717) is 24.4 Å². The Hall–Kier alpha value is -0.0800. The van der Waals surface area contributed by atoms with E-state index in [1.165, 1.54) is 109 Å². The standard InChI is InChI=1S/C23H44O2/c1-3-5-7-9-11-13-16-20-22(24-20)18-15-19-23-21(25-23)17-14-12-10-8-6-4-2/h20-23H,3-19H2,1-2H3. The molecule has 0 aromatic heterocycles. The zero-order valence-corrected chi connectivity index (χ0v) is 17.1. The Balaban J connectivity index is 1.31. The molecule has 2 fully saturated rings. The maximum absolute atomic E-state index is 5.84. The van der Waals surface area contributed by atoms with Crippen LogP contribution >= 0.6 is 0 Å². The summed E-state index contributed by atoms with van der Waals surface area (Å²) in [5.41, 5.74) is 0. The highest BCUT2D eigenvalue weighted by atomic mass is 16.6. The first-order valence-corrected chi connectivity index (χ1v) is 11.7. The first-order chi connectivity index (χ1) is 12.3. The Kier molecular flexibility index (Phi) is 11.2. The van der Waals surface area contributed by atoms with Gasteiger partial charge in [0, 0.05) is 0 Å². The van der Waals surface area contributed by atoms with Gasteiger partial charge in [-0.15, -0.1) is 0 Å². The molecule has 2 rings (SSSR count). The maximum atomic E-state index is 5.84. The van der Waals surface area contributed by atoms with Gasteiger partial charge in [-0.3, -0.25) is 0 Å². The molecule has 25 heavy (non-hydrogen) atoms. The molecule has 4 atom stereocenters. The van der Waals surface area contributed by atoms with E-state index in [0.717, 1.165) is 0 Å². The highest BCUT2D eigenvalue weighted by molar-refractivity contribution is 4.88. The van der Waals surface area contributed by atoms with Gasteiger partial charge >= 0.3 is 0 Å². The fourth-order valence-electron chi connectivity index (χ4n) is 4.15. The third kappa shape index (κ3) is 9.99. The minimum atomic E-state index is 0.589. The molecule has 0 bridgehead atoms.